The summed E-state index contributed by atoms with van der Waals surface area (Å²) in [5.74, 6) is 0.231. The average Bonchev–Trinajstić information content (AvgIpc) is 3.19. The van der Waals surface area contributed by atoms with Crippen LogP contribution in [0.4, 0.5) is 5.69 Å². The second kappa shape index (κ2) is 8.10. The Bertz CT molecular complexity index is 1260. The maximum absolute atomic E-state index is 13.0. The van der Waals surface area contributed by atoms with E-state index in [2.05, 4.69) is 18.0 Å². The molecule has 0 unspecified atom stereocenters. The molecular formula is C22H24N4O3S. The van der Waals surface area contributed by atoms with Crippen molar-refractivity contribution < 1.29 is 4.79 Å². The number of hydrogen-bond donors (Lipinski definition) is 0. The van der Waals surface area contributed by atoms with E-state index in [1.165, 1.54) is 28.9 Å². The zero-order valence-electron chi connectivity index (χ0n) is 17.3. The first kappa shape index (κ1) is 20.4. The van der Waals surface area contributed by atoms with Gasteiger partial charge < -0.3 is 4.90 Å². The summed E-state index contributed by atoms with van der Waals surface area (Å²) in [6.07, 6.45) is 4.22. The summed E-state index contributed by atoms with van der Waals surface area (Å²) >= 11 is 1.36. The fraction of sp³-hybridized carbons (Fsp3) is 0.364. The van der Waals surface area contributed by atoms with Crippen molar-refractivity contribution in [2.24, 2.45) is 14.1 Å². The molecule has 0 atom stereocenters. The largest absolute Gasteiger partial charge is 0.332 e. The summed E-state index contributed by atoms with van der Waals surface area (Å²) in [6, 6.07) is 7.95. The van der Waals surface area contributed by atoms with E-state index in [0.717, 1.165) is 40.0 Å². The zero-order valence-corrected chi connectivity index (χ0v) is 18.2. The number of pyridine rings is 1. The fourth-order valence-corrected chi connectivity index (χ4v) is 5.05. The Morgan fingerprint density at radius 2 is 1.93 bits per heavy atom. The molecular weight excluding hydrogens is 400 g/mol. The number of hydrogen-bond acceptors (Lipinski definition) is 5. The molecule has 7 nitrogen and oxygen atoms in total. The van der Waals surface area contributed by atoms with Gasteiger partial charge in [-0.05, 0) is 30.0 Å². The Kier molecular flexibility index (Phi) is 5.51. The monoisotopic (exact) mass is 424 g/mol. The quantitative estimate of drug-likeness (QED) is 0.587. The normalized spacial score (nSPS) is 13.1. The summed E-state index contributed by atoms with van der Waals surface area (Å²) in [6.45, 7) is 2.73. The Morgan fingerprint density at radius 3 is 2.70 bits per heavy atom. The molecule has 0 spiro atoms. The van der Waals surface area contributed by atoms with E-state index in [-0.39, 0.29) is 17.2 Å². The van der Waals surface area contributed by atoms with Crippen LogP contribution in [0.25, 0.3) is 11.0 Å². The van der Waals surface area contributed by atoms with Gasteiger partial charge in [0.25, 0.3) is 5.56 Å². The number of nitrogens with zero attached hydrogens (tertiary/aromatic N) is 4. The topological polar surface area (TPSA) is 77.2 Å². The zero-order chi connectivity index (χ0) is 21.4. The standard InChI is InChI=1S/C22H24N4O3S/c1-4-7-15-12-23-20-18(21(28)25(3)22(29)24(20)2)19(15)30-13-17(27)26-11-10-14-8-5-6-9-16(14)26/h5-6,8-9,12H,4,7,10-11,13H2,1-3H3. The average molecular weight is 425 g/mol. The van der Waals surface area contributed by atoms with Gasteiger partial charge in [-0.15, -0.1) is 11.8 Å². The molecule has 0 saturated heterocycles. The number of rotatable bonds is 5. The number of fused-ring (bicyclic) bond motifs is 2. The van der Waals surface area contributed by atoms with E-state index < -0.39 is 5.69 Å². The van der Waals surface area contributed by atoms with Gasteiger partial charge in [0.05, 0.1) is 11.1 Å². The van der Waals surface area contributed by atoms with E-state index in [0.29, 0.717) is 17.6 Å². The van der Waals surface area contributed by atoms with Crippen molar-refractivity contribution in [1.29, 1.82) is 0 Å². The molecule has 1 aliphatic rings. The number of amides is 1. The van der Waals surface area contributed by atoms with Gasteiger partial charge in [-0.25, -0.2) is 9.78 Å². The predicted octanol–water partition coefficient (Wildman–Crippen LogP) is 2.27. The lowest BCUT2D eigenvalue weighted by Gasteiger charge is -2.18. The van der Waals surface area contributed by atoms with E-state index in [1.807, 2.05) is 23.1 Å². The van der Waals surface area contributed by atoms with Crippen molar-refractivity contribution in [3.05, 3.63) is 62.4 Å². The maximum Gasteiger partial charge on any atom is 0.332 e. The minimum Gasteiger partial charge on any atom is -0.311 e. The third kappa shape index (κ3) is 3.35. The Balaban J connectivity index is 1.73. The lowest BCUT2D eigenvalue weighted by molar-refractivity contribution is -0.116. The lowest BCUT2D eigenvalue weighted by Crippen LogP contribution is -2.37. The highest BCUT2D eigenvalue weighted by Crippen LogP contribution is 2.32. The van der Waals surface area contributed by atoms with Gasteiger partial charge >= 0.3 is 5.69 Å². The highest BCUT2D eigenvalue weighted by atomic mass is 32.2. The maximum atomic E-state index is 13.0. The van der Waals surface area contributed by atoms with Gasteiger partial charge in [0, 0.05) is 37.4 Å². The number of thioether (sulfide) groups is 1. The van der Waals surface area contributed by atoms with Crippen LogP contribution in [0.2, 0.25) is 0 Å². The van der Waals surface area contributed by atoms with Crippen molar-refractivity contribution in [3.63, 3.8) is 0 Å². The number of para-hydroxylation sites is 1. The molecule has 0 bridgehead atoms. The van der Waals surface area contributed by atoms with E-state index in [4.69, 9.17) is 0 Å². The molecule has 1 aliphatic heterocycles. The third-order valence-corrected chi connectivity index (χ3v) is 6.69. The van der Waals surface area contributed by atoms with Crippen LogP contribution in [0.5, 0.6) is 0 Å². The summed E-state index contributed by atoms with van der Waals surface area (Å²) in [5, 5.41) is 0.408. The number of carbonyl (C=O) groups excluding carboxylic acids is 1. The molecule has 0 fully saturated rings. The Hall–Kier alpha value is -2.87. The predicted molar refractivity (Wildman–Crippen MR) is 119 cm³/mol. The van der Waals surface area contributed by atoms with Gasteiger partial charge in [-0.1, -0.05) is 31.5 Å². The third-order valence-electron chi connectivity index (χ3n) is 5.54. The summed E-state index contributed by atoms with van der Waals surface area (Å²) in [5.41, 5.74) is 2.64. The van der Waals surface area contributed by atoms with Crippen LogP contribution in [0.3, 0.4) is 0 Å². The van der Waals surface area contributed by atoms with Crippen LogP contribution in [-0.2, 0) is 31.7 Å². The van der Waals surface area contributed by atoms with Gasteiger partial charge in [0.1, 0.15) is 5.65 Å². The first-order valence-corrected chi connectivity index (χ1v) is 11.0. The van der Waals surface area contributed by atoms with Crippen molar-refractivity contribution in [1.82, 2.24) is 14.1 Å². The molecule has 30 heavy (non-hydrogen) atoms. The second-order valence-electron chi connectivity index (χ2n) is 7.48. The molecule has 0 radical (unpaired) electrons. The fourth-order valence-electron chi connectivity index (χ4n) is 3.96. The van der Waals surface area contributed by atoms with Gasteiger partial charge in [-0.3, -0.25) is 18.7 Å². The molecule has 156 valence electrons. The first-order valence-electron chi connectivity index (χ1n) is 10.0. The molecule has 0 saturated carbocycles. The highest BCUT2D eigenvalue weighted by Gasteiger charge is 2.25. The smallest absolute Gasteiger partial charge is 0.311 e. The lowest BCUT2D eigenvalue weighted by atomic mass is 10.1. The van der Waals surface area contributed by atoms with E-state index in [1.54, 1.807) is 13.2 Å². The van der Waals surface area contributed by atoms with Crippen LogP contribution in [-0.4, -0.2) is 32.3 Å². The molecule has 3 aromatic rings. The molecule has 3 heterocycles. The Labute approximate surface area is 178 Å². The molecule has 8 heteroatoms. The van der Waals surface area contributed by atoms with Crippen LogP contribution in [0.1, 0.15) is 24.5 Å². The highest BCUT2D eigenvalue weighted by molar-refractivity contribution is 8.00. The molecule has 1 amide bonds. The van der Waals surface area contributed by atoms with Gasteiger partial charge in [-0.2, -0.15) is 0 Å². The summed E-state index contributed by atoms with van der Waals surface area (Å²) in [7, 11) is 3.08. The molecule has 2 aromatic heterocycles. The van der Waals surface area contributed by atoms with Crippen LogP contribution in [0.15, 0.2) is 44.9 Å². The van der Waals surface area contributed by atoms with Gasteiger partial charge in [0.15, 0.2) is 0 Å². The van der Waals surface area contributed by atoms with Crippen LogP contribution < -0.4 is 16.1 Å². The van der Waals surface area contributed by atoms with Crippen LogP contribution >= 0.6 is 11.8 Å². The number of anilines is 1. The minimum absolute atomic E-state index is 0.0130. The Morgan fingerprint density at radius 1 is 1.17 bits per heavy atom. The van der Waals surface area contributed by atoms with E-state index in [9.17, 15) is 14.4 Å². The van der Waals surface area contributed by atoms with Crippen molar-refractivity contribution >= 4 is 34.4 Å². The molecule has 0 aliphatic carbocycles. The second-order valence-corrected chi connectivity index (χ2v) is 8.47. The first-order chi connectivity index (χ1) is 14.4. The van der Waals surface area contributed by atoms with Gasteiger partial charge in [0.2, 0.25) is 5.91 Å². The number of benzene rings is 1. The summed E-state index contributed by atoms with van der Waals surface area (Å²) < 4.78 is 2.48. The molecule has 0 N–H and O–H groups in total. The van der Waals surface area contributed by atoms with Crippen molar-refractivity contribution in [2.75, 3.05) is 17.2 Å². The van der Waals surface area contributed by atoms with Crippen molar-refractivity contribution in [2.45, 2.75) is 31.1 Å². The van der Waals surface area contributed by atoms with E-state index >= 15 is 0 Å². The summed E-state index contributed by atoms with van der Waals surface area (Å²) in [4.78, 5) is 45.2. The molecule has 1 aromatic carbocycles. The number of aromatic nitrogens is 3. The molecule has 4 rings (SSSR count). The minimum atomic E-state index is -0.413. The number of carbonyl (C=O) groups is 1. The van der Waals surface area contributed by atoms with Crippen molar-refractivity contribution in [3.8, 4) is 0 Å². The van der Waals surface area contributed by atoms with Crippen LogP contribution in [0, 0.1) is 0 Å². The number of aryl methyl sites for hydroxylation is 2. The SMILES string of the molecule is CCCc1cnc2c(c1SCC(=O)N1CCc3ccccc31)c(=O)n(C)c(=O)n2C.